The topological polar surface area (TPSA) is 29.1 Å². The van der Waals surface area contributed by atoms with E-state index in [1.807, 2.05) is 0 Å². The summed E-state index contributed by atoms with van der Waals surface area (Å²) in [6.45, 7) is 4.11. The van der Waals surface area contributed by atoms with Gasteiger partial charge in [0.25, 0.3) is 0 Å². The molecular formula is C9H19NO. The van der Waals surface area contributed by atoms with E-state index in [9.17, 15) is 4.79 Å². The second kappa shape index (κ2) is 9.63. The fourth-order valence-electron chi connectivity index (χ4n) is 0.963. The van der Waals surface area contributed by atoms with E-state index < -0.39 is 0 Å². The summed E-state index contributed by atoms with van der Waals surface area (Å²) in [4.78, 5) is 9.90. The summed E-state index contributed by atoms with van der Waals surface area (Å²) in [5.74, 6) is 0. The molecule has 11 heavy (non-hydrogen) atoms. The molecule has 0 aromatic rings. The Balaban J connectivity index is 2.74. The van der Waals surface area contributed by atoms with Gasteiger partial charge in [-0.15, -0.1) is 0 Å². The highest BCUT2D eigenvalue weighted by molar-refractivity contribution is 5.49. The van der Waals surface area contributed by atoms with Crippen LogP contribution in [0.1, 0.15) is 39.0 Å². The van der Waals surface area contributed by atoms with E-state index in [4.69, 9.17) is 0 Å². The maximum Gasteiger partial charge on any atom is 0.121 e. The van der Waals surface area contributed by atoms with Crippen LogP contribution >= 0.6 is 0 Å². The van der Waals surface area contributed by atoms with Gasteiger partial charge in [0.05, 0.1) is 0 Å². The third kappa shape index (κ3) is 9.63. The van der Waals surface area contributed by atoms with E-state index >= 15 is 0 Å². The molecule has 66 valence electrons. The minimum Gasteiger partial charge on any atom is -0.316 e. The van der Waals surface area contributed by atoms with Gasteiger partial charge in [0.15, 0.2) is 0 Å². The van der Waals surface area contributed by atoms with Gasteiger partial charge < -0.3 is 10.1 Å². The van der Waals surface area contributed by atoms with Gasteiger partial charge in [-0.3, -0.25) is 0 Å². The zero-order chi connectivity index (χ0) is 8.36. The predicted octanol–water partition coefficient (Wildman–Crippen LogP) is 1.75. The first-order chi connectivity index (χ1) is 5.41. The predicted molar refractivity (Wildman–Crippen MR) is 47.7 cm³/mol. The Morgan fingerprint density at radius 3 is 2.64 bits per heavy atom. The normalized spacial score (nSPS) is 9.91. The lowest BCUT2D eigenvalue weighted by molar-refractivity contribution is -0.107. The number of carbonyl (C=O) groups is 1. The first-order valence-corrected chi connectivity index (χ1v) is 4.56. The summed E-state index contributed by atoms with van der Waals surface area (Å²) in [5, 5.41) is 3.21. The number of hydrogen-bond donors (Lipinski definition) is 1. The fraction of sp³-hybridized carbons (Fsp3) is 0.889. The van der Waals surface area contributed by atoms with Crippen LogP contribution in [0.25, 0.3) is 0 Å². The monoisotopic (exact) mass is 157 g/mol. The number of carbonyl (C=O) groups excluding carboxylic acids is 1. The molecule has 0 atom stereocenters. The van der Waals surface area contributed by atoms with Crippen molar-refractivity contribution in [1.29, 1.82) is 0 Å². The molecule has 0 aliphatic carbocycles. The maximum atomic E-state index is 9.90. The van der Waals surface area contributed by atoms with E-state index in [0.717, 1.165) is 19.4 Å². The first kappa shape index (κ1) is 10.6. The highest BCUT2D eigenvalue weighted by Crippen LogP contribution is 1.96. The van der Waals surface area contributed by atoms with E-state index in [-0.39, 0.29) is 0 Å². The van der Waals surface area contributed by atoms with Gasteiger partial charge in [-0.25, -0.2) is 0 Å². The van der Waals surface area contributed by atoms with Gasteiger partial charge in [0.2, 0.25) is 0 Å². The Bertz CT molecular complexity index is 83.6. The van der Waals surface area contributed by atoms with Gasteiger partial charge in [-0.05, 0) is 13.0 Å². The Morgan fingerprint density at radius 1 is 1.18 bits per heavy atom. The summed E-state index contributed by atoms with van der Waals surface area (Å²) in [6.07, 6.45) is 6.77. The Hall–Kier alpha value is -0.370. The molecule has 0 bridgehead atoms. The highest BCUT2D eigenvalue weighted by atomic mass is 16.1. The van der Waals surface area contributed by atoms with Crippen LogP contribution in [0.3, 0.4) is 0 Å². The van der Waals surface area contributed by atoms with Crippen molar-refractivity contribution < 1.29 is 4.79 Å². The summed E-state index contributed by atoms with van der Waals surface area (Å²) >= 11 is 0. The van der Waals surface area contributed by atoms with Crippen LogP contribution in [-0.4, -0.2) is 19.4 Å². The molecule has 2 heteroatoms. The molecule has 0 saturated heterocycles. The molecule has 0 spiro atoms. The standard InChI is InChI=1S/C9H19NO/c1-2-3-4-5-7-10-8-6-9-11/h9-10H,2-8H2,1H3. The molecule has 0 aromatic carbocycles. The summed E-state index contributed by atoms with van der Waals surface area (Å²) in [6, 6.07) is 0. The molecule has 0 aromatic heterocycles. The number of aldehydes is 1. The Labute approximate surface area is 69.4 Å². The van der Waals surface area contributed by atoms with E-state index in [1.54, 1.807) is 0 Å². The molecule has 0 heterocycles. The molecule has 0 fully saturated rings. The molecular weight excluding hydrogens is 138 g/mol. The number of unbranched alkanes of at least 4 members (excludes halogenated alkanes) is 3. The van der Waals surface area contributed by atoms with Crippen LogP contribution in [0.2, 0.25) is 0 Å². The van der Waals surface area contributed by atoms with Gasteiger partial charge >= 0.3 is 0 Å². The average Bonchev–Trinajstić information content (AvgIpc) is 2.03. The van der Waals surface area contributed by atoms with Crippen LogP contribution < -0.4 is 5.32 Å². The average molecular weight is 157 g/mol. The van der Waals surface area contributed by atoms with Crippen LogP contribution in [0.15, 0.2) is 0 Å². The zero-order valence-corrected chi connectivity index (χ0v) is 7.44. The number of hydrogen-bond acceptors (Lipinski definition) is 2. The largest absolute Gasteiger partial charge is 0.316 e. The van der Waals surface area contributed by atoms with Crippen molar-refractivity contribution in [2.45, 2.75) is 39.0 Å². The molecule has 0 aliphatic rings. The number of nitrogens with one attached hydrogen (secondary N) is 1. The molecule has 0 unspecified atom stereocenters. The Kier molecular flexibility index (Phi) is 9.31. The highest BCUT2D eigenvalue weighted by Gasteiger charge is 1.87. The summed E-state index contributed by atoms with van der Waals surface area (Å²) in [7, 11) is 0. The number of rotatable bonds is 8. The van der Waals surface area contributed by atoms with E-state index in [0.29, 0.717) is 6.42 Å². The second-order valence-electron chi connectivity index (χ2n) is 2.77. The van der Waals surface area contributed by atoms with Gasteiger partial charge in [0, 0.05) is 13.0 Å². The van der Waals surface area contributed by atoms with Crippen molar-refractivity contribution >= 4 is 6.29 Å². The second-order valence-corrected chi connectivity index (χ2v) is 2.77. The molecule has 0 aliphatic heterocycles. The minimum atomic E-state index is 0.647. The van der Waals surface area contributed by atoms with Crippen molar-refractivity contribution in [3.63, 3.8) is 0 Å². The molecule has 2 nitrogen and oxygen atoms in total. The minimum absolute atomic E-state index is 0.647. The van der Waals surface area contributed by atoms with E-state index in [1.165, 1.54) is 25.7 Å². The van der Waals surface area contributed by atoms with E-state index in [2.05, 4.69) is 12.2 Å². The molecule has 0 rings (SSSR count). The van der Waals surface area contributed by atoms with Crippen molar-refractivity contribution in [3.05, 3.63) is 0 Å². The van der Waals surface area contributed by atoms with Gasteiger partial charge in [0.1, 0.15) is 6.29 Å². The van der Waals surface area contributed by atoms with Crippen molar-refractivity contribution in [1.82, 2.24) is 5.32 Å². The van der Waals surface area contributed by atoms with Crippen LogP contribution in [0, 0.1) is 0 Å². The first-order valence-electron chi connectivity index (χ1n) is 4.56. The van der Waals surface area contributed by atoms with Crippen LogP contribution in [0.5, 0.6) is 0 Å². The van der Waals surface area contributed by atoms with Crippen molar-refractivity contribution in [2.75, 3.05) is 13.1 Å². The van der Waals surface area contributed by atoms with Gasteiger partial charge in [-0.1, -0.05) is 26.2 Å². The lowest BCUT2D eigenvalue weighted by atomic mass is 10.2. The zero-order valence-electron chi connectivity index (χ0n) is 7.44. The van der Waals surface area contributed by atoms with Crippen LogP contribution in [0.4, 0.5) is 0 Å². The fourth-order valence-corrected chi connectivity index (χ4v) is 0.963. The maximum absolute atomic E-state index is 9.90. The van der Waals surface area contributed by atoms with Crippen LogP contribution in [-0.2, 0) is 4.79 Å². The quantitative estimate of drug-likeness (QED) is 0.429. The molecule has 1 N–H and O–H groups in total. The lowest BCUT2D eigenvalue weighted by Gasteiger charge is -2.00. The molecule has 0 saturated carbocycles. The van der Waals surface area contributed by atoms with Gasteiger partial charge in [-0.2, -0.15) is 0 Å². The molecule has 0 radical (unpaired) electrons. The SMILES string of the molecule is CCCCCCNCCC=O. The Morgan fingerprint density at radius 2 is 2.00 bits per heavy atom. The van der Waals surface area contributed by atoms with Crippen molar-refractivity contribution in [3.8, 4) is 0 Å². The summed E-state index contributed by atoms with van der Waals surface area (Å²) < 4.78 is 0. The smallest absolute Gasteiger partial charge is 0.121 e. The third-order valence-corrected chi connectivity index (χ3v) is 1.65. The van der Waals surface area contributed by atoms with Crippen molar-refractivity contribution in [2.24, 2.45) is 0 Å². The third-order valence-electron chi connectivity index (χ3n) is 1.65. The molecule has 0 amide bonds. The summed E-state index contributed by atoms with van der Waals surface area (Å²) in [5.41, 5.74) is 0. The lowest BCUT2D eigenvalue weighted by Crippen LogP contribution is -2.16.